The molecule has 0 aliphatic rings. The van der Waals surface area contributed by atoms with Crippen LogP contribution in [-0.4, -0.2) is 39.0 Å². The molecule has 1 aromatic carbocycles. The zero-order valence-electron chi connectivity index (χ0n) is 11.6. The van der Waals surface area contributed by atoms with Gasteiger partial charge in [-0.05, 0) is 12.1 Å². The van der Waals surface area contributed by atoms with Crippen LogP contribution in [0.5, 0.6) is 0 Å². The summed E-state index contributed by atoms with van der Waals surface area (Å²) in [6.07, 6.45) is -4.51. The molecule has 0 spiro atoms. The van der Waals surface area contributed by atoms with E-state index in [9.17, 15) is 18.0 Å². The number of nitrogens with zero attached hydrogens (tertiary/aromatic N) is 3. The predicted molar refractivity (Wildman–Crippen MR) is 76.9 cm³/mol. The lowest BCUT2D eigenvalue weighted by molar-refractivity contribution is -0.137. The Bertz CT molecular complexity index is 894. The van der Waals surface area contributed by atoms with Crippen molar-refractivity contribution in [3.63, 3.8) is 0 Å². The zero-order valence-corrected chi connectivity index (χ0v) is 12.5. The van der Waals surface area contributed by atoms with Gasteiger partial charge in [0.15, 0.2) is 5.65 Å². The summed E-state index contributed by atoms with van der Waals surface area (Å²) in [5.41, 5.74) is -0.312. The van der Waals surface area contributed by atoms with Crippen molar-refractivity contribution < 1.29 is 22.7 Å². The molecule has 0 atom stereocenters. The summed E-state index contributed by atoms with van der Waals surface area (Å²) in [6, 6.07) is 3.80. The molecule has 120 valence electrons. The lowest BCUT2D eigenvalue weighted by Gasteiger charge is -2.07. The molecule has 0 amide bonds. The standard InChI is InChI=1S/C13H9F3N4O2S/c1-22-8(21)5-23-12-18-11-10(19-20-12)9-6(13(14,15)16)3-2-4-7(9)17-11/h2-4H,5H2,1H3,(H,17,18,20). The van der Waals surface area contributed by atoms with Crippen LogP contribution in [0, 0.1) is 0 Å². The van der Waals surface area contributed by atoms with Crippen LogP contribution in [0.3, 0.4) is 0 Å². The van der Waals surface area contributed by atoms with Crippen LogP contribution in [0.25, 0.3) is 22.1 Å². The van der Waals surface area contributed by atoms with Gasteiger partial charge in [0.1, 0.15) is 5.52 Å². The van der Waals surface area contributed by atoms with Gasteiger partial charge in [-0.2, -0.15) is 13.2 Å². The van der Waals surface area contributed by atoms with Crippen molar-refractivity contribution in [1.29, 1.82) is 0 Å². The highest BCUT2D eigenvalue weighted by Gasteiger charge is 2.34. The minimum atomic E-state index is -4.51. The molecule has 0 saturated carbocycles. The average molecular weight is 342 g/mol. The Morgan fingerprint density at radius 3 is 2.83 bits per heavy atom. The Morgan fingerprint density at radius 2 is 2.13 bits per heavy atom. The molecular formula is C13H9F3N4O2S. The lowest BCUT2D eigenvalue weighted by Crippen LogP contribution is -2.05. The average Bonchev–Trinajstić information content (AvgIpc) is 2.88. The van der Waals surface area contributed by atoms with Gasteiger partial charge in [-0.15, -0.1) is 10.2 Å². The third-order valence-electron chi connectivity index (χ3n) is 3.07. The molecule has 2 aromatic heterocycles. The van der Waals surface area contributed by atoms with Crippen molar-refractivity contribution >= 4 is 39.8 Å². The number of nitrogens with one attached hydrogen (secondary N) is 1. The molecule has 10 heteroatoms. The molecule has 0 aliphatic heterocycles. The first-order valence-electron chi connectivity index (χ1n) is 6.32. The van der Waals surface area contributed by atoms with Gasteiger partial charge in [0, 0.05) is 10.9 Å². The molecule has 0 unspecified atom stereocenters. The molecule has 1 N–H and O–H groups in total. The molecule has 0 radical (unpaired) electrons. The number of carbonyl (C=O) groups is 1. The van der Waals surface area contributed by atoms with Gasteiger partial charge in [-0.3, -0.25) is 4.79 Å². The molecular weight excluding hydrogens is 333 g/mol. The summed E-state index contributed by atoms with van der Waals surface area (Å²) in [6.45, 7) is 0. The Morgan fingerprint density at radius 1 is 1.35 bits per heavy atom. The fourth-order valence-electron chi connectivity index (χ4n) is 2.09. The number of ether oxygens (including phenoxy) is 1. The number of fused-ring (bicyclic) bond motifs is 3. The number of thioether (sulfide) groups is 1. The number of aromatic amines is 1. The van der Waals surface area contributed by atoms with E-state index in [1.807, 2.05) is 0 Å². The number of halogens is 3. The molecule has 0 saturated heterocycles. The van der Waals surface area contributed by atoms with Crippen molar-refractivity contribution in [2.24, 2.45) is 0 Å². The van der Waals surface area contributed by atoms with E-state index < -0.39 is 17.7 Å². The first-order chi connectivity index (χ1) is 10.9. The lowest BCUT2D eigenvalue weighted by atomic mass is 10.1. The van der Waals surface area contributed by atoms with Gasteiger partial charge in [0.25, 0.3) is 0 Å². The first-order valence-corrected chi connectivity index (χ1v) is 7.30. The van der Waals surface area contributed by atoms with Gasteiger partial charge in [-0.25, -0.2) is 4.98 Å². The maximum absolute atomic E-state index is 13.1. The molecule has 0 bridgehead atoms. The largest absolute Gasteiger partial charge is 0.468 e. The highest BCUT2D eigenvalue weighted by atomic mass is 32.2. The number of methoxy groups -OCH3 is 1. The first kappa shape index (κ1) is 15.5. The number of rotatable bonds is 3. The van der Waals surface area contributed by atoms with E-state index in [0.717, 1.165) is 17.8 Å². The Balaban J connectivity index is 2.08. The van der Waals surface area contributed by atoms with Crippen molar-refractivity contribution in [3.8, 4) is 0 Å². The predicted octanol–water partition coefficient (Wildman–Crippen LogP) is 2.79. The third-order valence-corrected chi connectivity index (χ3v) is 3.88. The number of esters is 1. The third kappa shape index (κ3) is 2.93. The molecule has 2 heterocycles. The number of hydrogen-bond acceptors (Lipinski definition) is 6. The van der Waals surface area contributed by atoms with Crippen LogP contribution in [0.15, 0.2) is 23.4 Å². The maximum atomic E-state index is 13.1. The number of aromatic nitrogens is 4. The van der Waals surface area contributed by atoms with E-state index in [1.165, 1.54) is 19.2 Å². The van der Waals surface area contributed by atoms with E-state index in [-0.39, 0.29) is 33.0 Å². The van der Waals surface area contributed by atoms with E-state index in [4.69, 9.17) is 0 Å². The molecule has 6 nitrogen and oxygen atoms in total. The summed E-state index contributed by atoms with van der Waals surface area (Å²) in [7, 11) is 1.25. The molecule has 3 rings (SSSR count). The number of hydrogen-bond donors (Lipinski definition) is 1. The Hall–Kier alpha value is -2.36. The van der Waals surface area contributed by atoms with Crippen molar-refractivity contribution in [2.75, 3.05) is 12.9 Å². The van der Waals surface area contributed by atoms with Crippen molar-refractivity contribution in [1.82, 2.24) is 20.2 Å². The number of benzene rings is 1. The van der Waals surface area contributed by atoms with Crippen LogP contribution >= 0.6 is 11.8 Å². The van der Waals surface area contributed by atoms with Crippen molar-refractivity contribution in [3.05, 3.63) is 23.8 Å². The van der Waals surface area contributed by atoms with Crippen LogP contribution < -0.4 is 0 Å². The summed E-state index contributed by atoms with van der Waals surface area (Å²) < 4.78 is 43.8. The zero-order chi connectivity index (χ0) is 16.6. The van der Waals surface area contributed by atoms with E-state index in [0.29, 0.717) is 0 Å². The fourth-order valence-corrected chi connectivity index (χ4v) is 2.70. The van der Waals surface area contributed by atoms with Gasteiger partial charge < -0.3 is 9.72 Å². The molecule has 23 heavy (non-hydrogen) atoms. The summed E-state index contributed by atoms with van der Waals surface area (Å²) in [5.74, 6) is -0.479. The molecule has 0 fully saturated rings. The van der Waals surface area contributed by atoms with Crippen LogP contribution in [-0.2, 0) is 15.7 Å². The van der Waals surface area contributed by atoms with Gasteiger partial charge in [0.05, 0.1) is 18.4 Å². The summed E-state index contributed by atoms with van der Waals surface area (Å²) >= 11 is 0.986. The summed E-state index contributed by atoms with van der Waals surface area (Å²) in [5, 5.41) is 7.70. The fraction of sp³-hybridized carbons (Fsp3) is 0.231. The maximum Gasteiger partial charge on any atom is 0.417 e. The van der Waals surface area contributed by atoms with Gasteiger partial charge in [0.2, 0.25) is 5.16 Å². The monoisotopic (exact) mass is 342 g/mol. The molecule has 3 aromatic rings. The second kappa shape index (κ2) is 5.69. The highest BCUT2D eigenvalue weighted by Crippen LogP contribution is 2.37. The number of alkyl halides is 3. The quantitative estimate of drug-likeness (QED) is 0.582. The second-order valence-corrected chi connectivity index (χ2v) is 5.45. The van der Waals surface area contributed by atoms with Crippen LogP contribution in [0.1, 0.15) is 5.56 Å². The summed E-state index contributed by atoms with van der Waals surface area (Å²) in [4.78, 5) is 18.0. The second-order valence-electron chi connectivity index (χ2n) is 4.51. The van der Waals surface area contributed by atoms with Gasteiger partial charge >= 0.3 is 12.1 Å². The van der Waals surface area contributed by atoms with Gasteiger partial charge in [-0.1, -0.05) is 17.8 Å². The minimum absolute atomic E-state index is 0.0162. The van der Waals surface area contributed by atoms with Crippen LogP contribution in [0.4, 0.5) is 13.2 Å². The van der Waals surface area contributed by atoms with E-state index in [1.54, 1.807) is 0 Å². The Kier molecular flexibility index (Phi) is 3.84. The number of carbonyl (C=O) groups excluding carboxylic acids is 1. The van der Waals surface area contributed by atoms with E-state index >= 15 is 0 Å². The normalized spacial score (nSPS) is 12.0. The molecule has 0 aliphatic carbocycles. The SMILES string of the molecule is COC(=O)CSc1nnc2c(n1)[nH]c1cccc(C(F)(F)F)c12. The van der Waals surface area contributed by atoms with E-state index in [2.05, 4.69) is 24.9 Å². The highest BCUT2D eigenvalue weighted by molar-refractivity contribution is 7.99. The Labute approximate surface area is 131 Å². The van der Waals surface area contributed by atoms with Crippen LogP contribution in [0.2, 0.25) is 0 Å². The van der Waals surface area contributed by atoms with Crippen molar-refractivity contribution in [2.45, 2.75) is 11.3 Å². The smallest absolute Gasteiger partial charge is 0.417 e. The topological polar surface area (TPSA) is 80.8 Å². The minimum Gasteiger partial charge on any atom is -0.468 e. The number of H-pyrrole nitrogens is 1.